The molecule has 2 aromatic rings. The van der Waals surface area contributed by atoms with Gasteiger partial charge in [-0.15, -0.1) is 0 Å². The van der Waals surface area contributed by atoms with Crippen LogP contribution in [0.2, 0.25) is 0 Å². The summed E-state index contributed by atoms with van der Waals surface area (Å²) >= 11 is 0. The molecule has 0 fully saturated rings. The quantitative estimate of drug-likeness (QED) is 0.268. The van der Waals surface area contributed by atoms with Crippen LogP contribution in [-0.4, -0.2) is 13.0 Å². The molecule has 0 aliphatic rings. The first-order valence-corrected chi connectivity index (χ1v) is 12.4. The van der Waals surface area contributed by atoms with Gasteiger partial charge in [0, 0.05) is 6.07 Å². The van der Waals surface area contributed by atoms with Gasteiger partial charge in [0.1, 0.15) is 16.4 Å². The average molecular weight is 457 g/mol. The summed E-state index contributed by atoms with van der Waals surface area (Å²) in [5.74, 6) is 0.0272. The Morgan fingerprint density at radius 3 is 2.03 bits per heavy atom. The van der Waals surface area contributed by atoms with Crippen LogP contribution in [0.5, 0.6) is 17.2 Å². The van der Waals surface area contributed by atoms with Crippen LogP contribution in [0.25, 0.3) is 0 Å². The predicted octanol–water partition coefficient (Wildman–Crippen LogP) is 3.27. The second-order valence-electron chi connectivity index (χ2n) is 7.73. The van der Waals surface area contributed by atoms with E-state index in [2.05, 4.69) is 6.92 Å². The largest absolute Gasteiger partial charge is 1.00 e. The van der Waals surface area contributed by atoms with Crippen LogP contribution in [0.15, 0.2) is 47.4 Å². The van der Waals surface area contributed by atoms with Gasteiger partial charge in [0.15, 0.2) is 0 Å². The minimum absolute atomic E-state index is 0. The molecular formula is C24H33NaO5S. The molecule has 0 radical (unpaired) electrons. The number of hydrogen-bond acceptors (Lipinski definition) is 4. The maximum atomic E-state index is 11.8. The fraction of sp³-hybridized carbons (Fsp3) is 0.500. The molecule has 31 heavy (non-hydrogen) atoms. The van der Waals surface area contributed by atoms with E-state index in [0.717, 1.165) is 19.3 Å². The van der Waals surface area contributed by atoms with E-state index in [0.29, 0.717) is 12.0 Å². The summed E-state index contributed by atoms with van der Waals surface area (Å²) in [6.45, 7) is 2.22. The Bertz CT molecular complexity index is 883. The average Bonchev–Trinajstić information content (AvgIpc) is 2.71. The van der Waals surface area contributed by atoms with Crippen molar-refractivity contribution in [3.63, 3.8) is 0 Å². The summed E-state index contributed by atoms with van der Waals surface area (Å²) in [4.78, 5) is -0.153. The number of benzene rings is 2. The topological polar surface area (TPSA) is 86.7 Å². The van der Waals surface area contributed by atoms with Gasteiger partial charge in [0.05, 0.1) is 0 Å². The van der Waals surface area contributed by atoms with Crippen molar-refractivity contribution < 1.29 is 52.4 Å². The van der Waals surface area contributed by atoms with E-state index < -0.39 is 10.1 Å². The van der Waals surface area contributed by atoms with Crippen LogP contribution in [0.3, 0.4) is 0 Å². The summed E-state index contributed by atoms with van der Waals surface area (Å²) in [5, 5.41) is 11.8. The van der Waals surface area contributed by atoms with Gasteiger partial charge in [-0.1, -0.05) is 94.7 Å². The zero-order valence-corrected chi connectivity index (χ0v) is 21.6. The summed E-state index contributed by atoms with van der Waals surface area (Å²) in [7, 11) is -4.38. The molecule has 1 N–H and O–H groups in total. The molecule has 0 aromatic heterocycles. The summed E-state index contributed by atoms with van der Waals surface area (Å²) in [6.07, 6.45) is 12.6. The Morgan fingerprint density at radius 1 is 0.871 bits per heavy atom. The van der Waals surface area contributed by atoms with E-state index in [1.165, 1.54) is 63.1 Å². The molecule has 0 aliphatic heterocycles. The van der Waals surface area contributed by atoms with Gasteiger partial charge in [0.25, 0.3) is 10.1 Å². The van der Waals surface area contributed by atoms with Gasteiger partial charge >= 0.3 is 29.6 Å². The fourth-order valence-electron chi connectivity index (χ4n) is 3.51. The zero-order chi connectivity index (χ0) is 21.8. The minimum atomic E-state index is -4.38. The van der Waals surface area contributed by atoms with Crippen LogP contribution < -0.4 is 39.4 Å². The number of para-hydroxylation sites is 2. The van der Waals surface area contributed by atoms with Crippen LogP contribution >= 0.6 is 0 Å². The number of aryl methyl sites for hydroxylation is 1. The Labute approximate surface area is 209 Å². The van der Waals surface area contributed by atoms with Crippen molar-refractivity contribution in [1.82, 2.24) is 0 Å². The maximum absolute atomic E-state index is 11.8. The van der Waals surface area contributed by atoms with E-state index in [4.69, 9.17) is 4.74 Å². The van der Waals surface area contributed by atoms with Crippen LogP contribution in [0, 0.1) is 0 Å². The molecule has 0 heterocycles. The predicted molar refractivity (Wildman–Crippen MR) is 118 cm³/mol. The normalized spacial score (nSPS) is 11.2. The molecule has 7 heteroatoms. The van der Waals surface area contributed by atoms with E-state index in [9.17, 15) is 18.1 Å². The van der Waals surface area contributed by atoms with Crippen molar-refractivity contribution in [3.8, 4) is 17.2 Å². The van der Waals surface area contributed by atoms with Crippen LogP contribution in [0.1, 0.15) is 76.7 Å². The Hall–Kier alpha value is -1.05. The molecular weight excluding hydrogens is 423 g/mol. The second-order valence-corrected chi connectivity index (χ2v) is 9.12. The molecule has 0 atom stereocenters. The first-order chi connectivity index (χ1) is 14.4. The molecule has 0 spiro atoms. The van der Waals surface area contributed by atoms with E-state index in [1.54, 1.807) is 24.3 Å². The number of hydrogen-bond donors (Lipinski definition) is 1. The zero-order valence-electron chi connectivity index (χ0n) is 18.8. The molecule has 2 rings (SSSR count). The van der Waals surface area contributed by atoms with Gasteiger partial charge in [-0.25, -0.2) is 0 Å². The Balaban J connectivity index is 0.00000480. The summed E-state index contributed by atoms with van der Waals surface area (Å²) in [6, 6.07) is 10.7. The van der Waals surface area contributed by atoms with Gasteiger partial charge < -0.3 is 9.84 Å². The maximum Gasteiger partial charge on any atom is 1.00 e. The van der Waals surface area contributed by atoms with Crippen molar-refractivity contribution in [3.05, 3.63) is 48.0 Å². The van der Waals surface area contributed by atoms with Crippen molar-refractivity contribution in [2.24, 2.45) is 0 Å². The molecule has 0 bridgehead atoms. The molecule has 5 nitrogen and oxygen atoms in total. The Kier molecular flexibility index (Phi) is 13.5. The second kappa shape index (κ2) is 14.9. The molecule has 0 saturated heterocycles. The van der Waals surface area contributed by atoms with Gasteiger partial charge in [-0.3, -0.25) is 4.55 Å². The van der Waals surface area contributed by atoms with Crippen molar-refractivity contribution in [2.45, 2.75) is 82.4 Å². The number of unbranched alkanes of at least 4 members (excludes halogenated alkanes) is 9. The number of rotatable bonds is 14. The third-order valence-corrected chi connectivity index (χ3v) is 6.13. The summed E-state index contributed by atoms with van der Waals surface area (Å²) < 4.78 is 38.8. The van der Waals surface area contributed by atoms with Crippen molar-refractivity contribution in [2.75, 3.05) is 0 Å². The Morgan fingerprint density at radius 2 is 1.45 bits per heavy atom. The van der Waals surface area contributed by atoms with Crippen LogP contribution in [0.4, 0.5) is 0 Å². The van der Waals surface area contributed by atoms with E-state index >= 15 is 0 Å². The standard InChI is InChI=1S/C24H34O5S.Na/c1-2-3-4-5-6-7-8-9-10-11-14-20-17-18-21(19-24(20)30(26,27)28)29-23-16-13-12-15-22(23)25;/h12-13,15-19,25H,2-11,14H2,1H3,(H,26,27,28);/q;+1/p-1. The first kappa shape index (κ1) is 28.0. The van der Waals surface area contributed by atoms with E-state index in [-0.39, 0.29) is 51.7 Å². The van der Waals surface area contributed by atoms with Gasteiger partial charge in [-0.05, 0) is 30.5 Å². The van der Waals surface area contributed by atoms with Gasteiger partial charge in [0.2, 0.25) is 0 Å². The van der Waals surface area contributed by atoms with E-state index in [1.807, 2.05) is 0 Å². The first-order valence-electron chi connectivity index (χ1n) is 11.0. The van der Waals surface area contributed by atoms with Crippen molar-refractivity contribution >= 4 is 10.1 Å². The number of ether oxygens (including phenoxy) is 1. The molecule has 2 aromatic carbocycles. The molecule has 0 amide bonds. The molecule has 166 valence electrons. The van der Waals surface area contributed by atoms with Gasteiger partial charge in [-0.2, -0.15) is 8.42 Å². The molecule has 0 aliphatic carbocycles. The minimum Gasteiger partial charge on any atom is -0.870 e. The third kappa shape index (κ3) is 10.4. The molecule has 0 unspecified atom stereocenters. The smallest absolute Gasteiger partial charge is 0.870 e. The van der Waals surface area contributed by atoms with Crippen LogP contribution in [-0.2, 0) is 16.5 Å². The fourth-order valence-corrected chi connectivity index (χ4v) is 4.28. The SMILES string of the molecule is CCCCCCCCCCCCc1ccc(Oc2ccccc2[O-])cc1S(=O)(=O)O.[Na+]. The summed E-state index contributed by atoms with van der Waals surface area (Å²) in [5.41, 5.74) is 0.569. The van der Waals surface area contributed by atoms with Crippen molar-refractivity contribution in [1.29, 1.82) is 0 Å². The monoisotopic (exact) mass is 456 g/mol. The molecule has 0 saturated carbocycles. The third-order valence-electron chi connectivity index (χ3n) is 5.19.